The molecule has 4 amide bonds. The van der Waals surface area contributed by atoms with Crippen LogP contribution in [-0.4, -0.2) is 93.1 Å². The first-order valence-electron chi connectivity index (χ1n) is 24.8. The number of anilines is 1. The van der Waals surface area contributed by atoms with Gasteiger partial charge in [-0.25, -0.2) is 19.6 Å². The molecule has 0 bridgehead atoms. The summed E-state index contributed by atoms with van der Waals surface area (Å²) in [6.45, 7) is 15.5. The Labute approximate surface area is 433 Å². The number of hydrogen-bond donors (Lipinski definition) is 4. The van der Waals surface area contributed by atoms with Crippen LogP contribution in [0.1, 0.15) is 139 Å². The van der Waals surface area contributed by atoms with E-state index in [2.05, 4.69) is 151 Å². The van der Waals surface area contributed by atoms with Crippen LogP contribution < -0.4 is 15.5 Å². The maximum absolute atomic E-state index is 13.8. The highest BCUT2D eigenvalue weighted by Crippen LogP contribution is 2.48. The molecule has 378 valence electrons. The molecule has 5 aromatic rings. The predicted octanol–water partition coefficient (Wildman–Crippen LogP) is 11.5. The Bertz CT molecular complexity index is 2540. The van der Waals surface area contributed by atoms with Gasteiger partial charge in [0.15, 0.2) is 0 Å². The van der Waals surface area contributed by atoms with E-state index in [1.54, 1.807) is 0 Å². The summed E-state index contributed by atoms with van der Waals surface area (Å²) < 4.78 is 11.1. The molecule has 6 atom stereocenters. The third kappa shape index (κ3) is 10.9. The van der Waals surface area contributed by atoms with Gasteiger partial charge in [0.05, 0.1) is 38.4 Å². The monoisotopic (exact) mass is 1100 g/mol. The Morgan fingerprint density at radius 1 is 0.606 bits per heavy atom. The number of alkyl carbamates (subject to hydrolysis) is 2. The number of likely N-dealkylation sites (tertiary alicyclic amines) is 2. The van der Waals surface area contributed by atoms with E-state index < -0.39 is 24.3 Å². The molecule has 4 N–H and O–H groups in total. The number of benzene rings is 3. The van der Waals surface area contributed by atoms with Crippen molar-refractivity contribution >= 4 is 61.5 Å². The number of carbonyl (C=O) groups is 4. The second-order valence-corrected chi connectivity index (χ2v) is 22.3. The molecule has 3 saturated heterocycles. The number of aromatic amines is 2. The zero-order valence-corrected chi connectivity index (χ0v) is 45.3. The molecular weight excluding hydrogens is 1030 g/mol. The largest absolute Gasteiger partial charge is 0.453 e. The molecule has 3 aliphatic rings. The van der Waals surface area contributed by atoms with Crippen molar-refractivity contribution in [2.24, 2.45) is 11.8 Å². The third-order valence-corrected chi connectivity index (χ3v) is 15.5. The molecule has 0 radical (unpaired) electrons. The number of amides is 4. The molecule has 2 aromatic heterocycles. The molecule has 5 heterocycles. The number of methoxy groups -OCH3 is 2. The maximum Gasteiger partial charge on any atom is 0.407 e. The van der Waals surface area contributed by atoms with Crippen LogP contribution >= 0.6 is 31.9 Å². The van der Waals surface area contributed by atoms with E-state index in [0.717, 1.165) is 75.9 Å². The normalized spacial score (nSPS) is 20.2. The number of rotatable bonds is 13. The molecule has 0 saturated carbocycles. The van der Waals surface area contributed by atoms with Crippen LogP contribution in [0.25, 0.3) is 22.5 Å². The van der Waals surface area contributed by atoms with Crippen molar-refractivity contribution in [3.05, 3.63) is 110 Å². The van der Waals surface area contributed by atoms with Crippen molar-refractivity contribution < 1.29 is 28.7 Å². The zero-order valence-electron chi connectivity index (χ0n) is 42.1. The predicted molar refractivity (Wildman–Crippen MR) is 281 cm³/mol. The van der Waals surface area contributed by atoms with Crippen molar-refractivity contribution in [3.8, 4) is 22.5 Å². The summed E-state index contributed by atoms with van der Waals surface area (Å²) in [6, 6.07) is 24.7. The topological polar surface area (TPSA) is 178 Å². The van der Waals surface area contributed by atoms with Gasteiger partial charge in [0.1, 0.15) is 44.3 Å². The second-order valence-electron chi connectivity index (χ2n) is 20.7. The van der Waals surface area contributed by atoms with E-state index in [1.807, 2.05) is 37.5 Å². The number of carbonyl (C=O) groups excluding carboxylic acids is 4. The molecule has 3 aromatic carbocycles. The Balaban J connectivity index is 1.03. The van der Waals surface area contributed by atoms with E-state index >= 15 is 0 Å². The van der Waals surface area contributed by atoms with Gasteiger partial charge in [-0.15, -0.1) is 0 Å². The van der Waals surface area contributed by atoms with Gasteiger partial charge < -0.3 is 44.8 Å². The van der Waals surface area contributed by atoms with E-state index in [1.165, 1.54) is 30.9 Å². The number of H-pyrrole nitrogens is 2. The van der Waals surface area contributed by atoms with Gasteiger partial charge >= 0.3 is 12.2 Å². The lowest BCUT2D eigenvalue weighted by molar-refractivity contribution is -0.136. The highest BCUT2D eigenvalue weighted by Gasteiger charge is 2.40. The molecule has 71 heavy (non-hydrogen) atoms. The van der Waals surface area contributed by atoms with Gasteiger partial charge in [0.2, 0.25) is 11.8 Å². The minimum absolute atomic E-state index is 0.0163. The van der Waals surface area contributed by atoms with E-state index in [9.17, 15) is 19.2 Å². The van der Waals surface area contributed by atoms with Gasteiger partial charge in [-0.2, -0.15) is 0 Å². The smallest absolute Gasteiger partial charge is 0.407 e. The number of aromatic nitrogens is 4. The SMILES string of the molecule is COC(=O)N[C@H](C(=O)N1CCC[C@H]1c1nc(-c2ccc([C@@H]3CC[C@@H](c4ccc(-c5nc([C@@H]6CCCN6C(=O)[C@@H](NC(=O)OC)C(C)C)[nH]c5Br)cc4)N3c3ccc(C(C)(C)C)cc3)cc2)c(Br)[nH]1)C(C)C. The molecular formula is C54H67Br2N9O6. The van der Waals surface area contributed by atoms with Gasteiger partial charge in [0, 0.05) is 29.9 Å². The molecule has 0 aliphatic carbocycles. The van der Waals surface area contributed by atoms with Crippen LogP contribution in [0.4, 0.5) is 15.3 Å². The van der Waals surface area contributed by atoms with Crippen LogP contribution in [0.3, 0.4) is 0 Å². The summed E-state index contributed by atoms with van der Waals surface area (Å²) in [5.74, 6) is 0.860. The van der Waals surface area contributed by atoms with Crippen LogP contribution in [0.15, 0.2) is 82.0 Å². The first-order chi connectivity index (χ1) is 33.9. The summed E-state index contributed by atoms with van der Waals surface area (Å²) >= 11 is 7.51. The van der Waals surface area contributed by atoms with Gasteiger partial charge in [0.25, 0.3) is 0 Å². The Morgan fingerprint density at radius 3 is 1.35 bits per heavy atom. The third-order valence-electron chi connectivity index (χ3n) is 14.4. The van der Waals surface area contributed by atoms with Gasteiger partial charge in [-0.05, 0) is 116 Å². The van der Waals surface area contributed by atoms with Crippen LogP contribution in [-0.2, 0) is 24.5 Å². The lowest BCUT2D eigenvalue weighted by Gasteiger charge is -2.34. The molecule has 0 unspecified atom stereocenters. The summed E-state index contributed by atoms with van der Waals surface area (Å²) in [5, 5.41) is 5.46. The van der Waals surface area contributed by atoms with Crippen molar-refractivity contribution in [2.45, 2.75) is 129 Å². The average molecular weight is 1100 g/mol. The summed E-state index contributed by atoms with van der Waals surface area (Å²) in [4.78, 5) is 75.2. The number of hydrogen-bond acceptors (Lipinski definition) is 9. The highest BCUT2D eigenvalue weighted by atomic mass is 79.9. The van der Waals surface area contributed by atoms with E-state index in [0.29, 0.717) is 24.7 Å². The minimum Gasteiger partial charge on any atom is -0.453 e. The molecule has 15 nitrogen and oxygen atoms in total. The van der Waals surface area contributed by atoms with Crippen molar-refractivity contribution in [1.82, 2.24) is 40.4 Å². The summed E-state index contributed by atoms with van der Waals surface area (Å²) in [7, 11) is 2.60. The second kappa shape index (κ2) is 21.6. The fourth-order valence-corrected chi connectivity index (χ4v) is 11.5. The molecule has 0 spiro atoms. The number of ether oxygens (including phenoxy) is 2. The molecule has 17 heteroatoms. The number of nitrogens with zero attached hydrogens (tertiary/aromatic N) is 5. The fourth-order valence-electron chi connectivity index (χ4n) is 10.5. The molecule has 8 rings (SSSR count). The number of nitrogens with one attached hydrogen (secondary N) is 4. The first kappa shape index (κ1) is 51.7. The fraction of sp³-hybridized carbons (Fsp3) is 0.481. The van der Waals surface area contributed by atoms with Crippen LogP contribution in [0, 0.1) is 11.8 Å². The Morgan fingerprint density at radius 2 is 1.00 bits per heavy atom. The van der Waals surface area contributed by atoms with Gasteiger partial charge in [-0.1, -0.05) is 109 Å². The van der Waals surface area contributed by atoms with E-state index in [-0.39, 0.29) is 53.2 Å². The standard InChI is InChI=1S/C54H67Br2N9O6/c1-30(2)42(59-52(68)70-8)50(66)63-28-10-12-40(63)48-57-44(46(55)61-48)34-18-14-32(15-19-34)38-26-27-39(65(38)37-24-22-36(23-25-37)54(5,6)7)33-16-20-35(21-17-33)45-47(56)62-49(58-45)41-13-11-29-64(41)51(67)43(31(3)4)60-53(69)71-9/h14-25,30-31,38-43H,10-13,26-29H2,1-9H3,(H,57,61)(H,58,62)(H,59,68)(H,60,69)/t38-,39-,40-,41-,42-,43-/m0/s1. The zero-order chi connectivity index (χ0) is 50.9. The van der Waals surface area contributed by atoms with E-state index in [4.69, 9.17) is 19.4 Å². The number of halogens is 2. The Kier molecular flexibility index (Phi) is 15.7. The lowest BCUT2D eigenvalue weighted by Crippen LogP contribution is -2.51. The Hall–Kier alpha value is -5.68. The molecule has 3 fully saturated rings. The maximum atomic E-state index is 13.8. The first-order valence-corrected chi connectivity index (χ1v) is 26.4. The van der Waals surface area contributed by atoms with Gasteiger partial charge in [-0.3, -0.25) is 9.59 Å². The average Bonchev–Trinajstić information content (AvgIpc) is 4.22. The van der Waals surface area contributed by atoms with Crippen molar-refractivity contribution in [2.75, 3.05) is 32.2 Å². The van der Waals surface area contributed by atoms with Crippen molar-refractivity contribution in [1.29, 1.82) is 0 Å². The highest BCUT2D eigenvalue weighted by molar-refractivity contribution is 9.10. The van der Waals surface area contributed by atoms with Crippen LogP contribution in [0.5, 0.6) is 0 Å². The summed E-state index contributed by atoms with van der Waals surface area (Å²) in [5.41, 5.74) is 8.32. The van der Waals surface area contributed by atoms with Crippen molar-refractivity contribution in [3.63, 3.8) is 0 Å². The lowest BCUT2D eigenvalue weighted by atomic mass is 9.87. The summed E-state index contributed by atoms with van der Waals surface area (Å²) in [6.07, 6.45) is 3.82. The minimum atomic E-state index is -0.713. The number of imidazole rings is 2. The quantitative estimate of drug-likeness (QED) is 0.0893. The van der Waals surface area contributed by atoms with Crippen LogP contribution in [0.2, 0.25) is 0 Å². The molecule has 3 aliphatic heterocycles.